The van der Waals surface area contributed by atoms with Crippen molar-refractivity contribution >= 4 is 5.97 Å². The summed E-state index contributed by atoms with van der Waals surface area (Å²) in [7, 11) is 0. The van der Waals surface area contributed by atoms with E-state index in [0.717, 1.165) is 38.3 Å². The molecular weight excluding hydrogens is 226 g/mol. The number of carbonyl (C=O) groups is 1. The molecule has 2 rings (SSSR count). The standard InChI is InChI=1S/C15H27NO2/c1-2-6-12-7-8-13(15(17)18)14(11-12)16-9-4-3-5-10-16/h12-14H,2-11H2,1H3,(H,17,18). The van der Waals surface area contributed by atoms with E-state index in [-0.39, 0.29) is 5.92 Å². The molecular formula is C15H27NO2. The molecule has 0 amide bonds. The number of rotatable bonds is 4. The molecule has 2 aliphatic rings. The van der Waals surface area contributed by atoms with Crippen LogP contribution >= 0.6 is 0 Å². The highest BCUT2D eigenvalue weighted by Crippen LogP contribution is 2.35. The summed E-state index contributed by atoms with van der Waals surface area (Å²) in [4.78, 5) is 13.9. The minimum absolute atomic E-state index is 0.115. The van der Waals surface area contributed by atoms with E-state index >= 15 is 0 Å². The van der Waals surface area contributed by atoms with E-state index in [9.17, 15) is 9.90 Å². The molecule has 104 valence electrons. The van der Waals surface area contributed by atoms with Gasteiger partial charge in [0.1, 0.15) is 0 Å². The zero-order valence-electron chi connectivity index (χ0n) is 11.6. The van der Waals surface area contributed by atoms with Gasteiger partial charge in [-0.05, 0) is 51.1 Å². The van der Waals surface area contributed by atoms with E-state index in [4.69, 9.17) is 0 Å². The molecule has 0 bridgehead atoms. The largest absolute Gasteiger partial charge is 0.481 e. The summed E-state index contributed by atoms with van der Waals surface area (Å²) >= 11 is 0. The fourth-order valence-electron chi connectivity index (χ4n) is 3.84. The molecule has 2 fully saturated rings. The van der Waals surface area contributed by atoms with Gasteiger partial charge in [0.05, 0.1) is 5.92 Å². The second-order valence-electron chi connectivity index (χ2n) is 6.08. The third-order valence-corrected chi connectivity index (χ3v) is 4.80. The summed E-state index contributed by atoms with van der Waals surface area (Å²) in [5.41, 5.74) is 0. The SMILES string of the molecule is CCCC1CCC(C(=O)O)C(N2CCCCC2)C1. The molecule has 1 heterocycles. The lowest BCUT2D eigenvalue weighted by atomic mass is 9.75. The first-order chi connectivity index (χ1) is 8.72. The summed E-state index contributed by atoms with van der Waals surface area (Å²) in [6.45, 7) is 4.47. The highest BCUT2D eigenvalue weighted by molar-refractivity contribution is 5.71. The van der Waals surface area contributed by atoms with Gasteiger partial charge in [-0.15, -0.1) is 0 Å². The molecule has 1 saturated heterocycles. The molecule has 0 aromatic rings. The number of carboxylic acid groups (broad SMARTS) is 1. The Balaban J connectivity index is 2.01. The topological polar surface area (TPSA) is 40.5 Å². The van der Waals surface area contributed by atoms with Crippen molar-refractivity contribution in [2.24, 2.45) is 11.8 Å². The van der Waals surface area contributed by atoms with Crippen molar-refractivity contribution < 1.29 is 9.90 Å². The van der Waals surface area contributed by atoms with Crippen LogP contribution in [0.3, 0.4) is 0 Å². The maximum absolute atomic E-state index is 11.4. The summed E-state index contributed by atoms with van der Waals surface area (Å²) in [5, 5.41) is 9.43. The molecule has 18 heavy (non-hydrogen) atoms. The fourth-order valence-corrected chi connectivity index (χ4v) is 3.84. The Morgan fingerprint density at radius 2 is 1.94 bits per heavy atom. The predicted octanol–water partition coefficient (Wildman–Crippen LogP) is 3.14. The molecule has 3 heteroatoms. The number of aliphatic carboxylic acids is 1. The first-order valence-corrected chi connectivity index (χ1v) is 7.69. The van der Waals surface area contributed by atoms with Gasteiger partial charge in [0.15, 0.2) is 0 Å². The van der Waals surface area contributed by atoms with E-state index in [0.29, 0.717) is 6.04 Å². The van der Waals surface area contributed by atoms with Gasteiger partial charge in [0, 0.05) is 6.04 Å². The zero-order chi connectivity index (χ0) is 13.0. The molecule has 1 aliphatic heterocycles. The molecule has 0 radical (unpaired) electrons. The molecule has 3 unspecified atom stereocenters. The highest BCUT2D eigenvalue weighted by atomic mass is 16.4. The Labute approximate surface area is 111 Å². The van der Waals surface area contributed by atoms with Crippen molar-refractivity contribution in [1.29, 1.82) is 0 Å². The van der Waals surface area contributed by atoms with Gasteiger partial charge in [-0.25, -0.2) is 0 Å². The molecule has 0 aromatic carbocycles. The predicted molar refractivity (Wildman–Crippen MR) is 72.6 cm³/mol. The average Bonchev–Trinajstić information content (AvgIpc) is 2.40. The van der Waals surface area contributed by atoms with Crippen LogP contribution in [-0.2, 0) is 4.79 Å². The number of hydrogen-bond acceptors (Lipinski definition) is 2. The van der Waals surface area contributed by atoms with Gasteiger partial charge in [-0.2, -0.15) is 0 Å². The van der Waals surface area contributed by atoms with Gasteiger partial charge in [-0.3, -0.25) is 9.69 Å². The normalized spacial score (nSPS) is 34.4. The summed E-state index contributed by atoms with van der Waals surface area (Å²) in [6, 6.07) is 0.313. The van der Waals surface area contributed by atoms with Crippen LogP contribution in [0.1, 0.15) is 58.3 Å². The minimum atomic E-state index is -0.569. The van der Waals surface area contributed by atoms with E-state index in [1.54, 1.807) is 0 Å². The van der Waals surface area contributed by atoms with Crippen LogP contribution in [0.2, 0.25) is 0 Å². The maximum atomic E-state index is 11.4. The second-order valence-corrected chi connectivity index (χ2v) is 6.08. The number of carboxylic acids is 1. The fraction of sp³-hybridized carbons (Fsp3) is 0.933. The van der Waals surface area contributed by atoms with Crippen LogP contribution < -0.4 is 0 Å². The quantitative estimate of drug-likeness (QED) is 0.836. The molecule has 3 atom stereocenters. The first-order valence-electron chi connectivity index (χ1n) is 7.69. The van der Waals surface area contributed by atoms with Crippen LogP contribution in [0.5, 0.6) is 0 Å². The van der Waals surface area contributed by atoms with E-state index in [1.165, 1.54) is 32.1 Å². The van der Waals surface area contributed by atoms with Crippen molar-refractivity contribution in [2.75, 3.05) is 13.1 Å². The van der Waals surface area contributed by atoms with Crippen LogP contribution in [-0.4, -0.2) is 35.1 Å². The van der Waals surface area contributed by atoms with Crippen LogP contribution in [0.25, 0.3) is 0 Å². The van der Waals surface area contributed by atoms with E-state index < -0.39 is 5.97 Å². The Morgan fingerprint density at radius 1 is 1.22 bits per heavy atom. The van der Waals surface area contributed by atoms with Crippen molar-refractivity contribution in [3.05, 3.63) is 0 Å². The smallest absolute Gasteiger partial charge is 0.308 e. The Bertz CT molecular complexity index is 274. The molecule has 3 nitrogen and oxygen atoms in total. The molecule has 0 aromatic heterocycles. The maximum Gasteiger partial charge on any atom is 0.308 e. The van der Waals surface area contributed by atoms with Crippen LogP contribution in [0, 0.1) is 11.8 Å². The molecule has 1 N–H and O–H groups in total. The lowest BCUT2D eigenvalue weighted by Crippen LogP contribution is -2.49. The Hall–Kier alpha value is -0.570. The second kappa shape index (κ2) is 6.55. The average molecular weight is 253 g/mol. The van der Waals surface area contributed by atoms with Gasteiger partial charge in [0.2, 0.25) is 0 Å². The Morgan fingerprint density at radius 3 is 2.56 bits per heavy atom. The van der Waals surface area contributed by atoms with Crippen LogP contribution in [0.4, 0.5) is 0 Å². The lowest BCUT2D eigenvalue weighted by molar-refractivity contribution is -0.146. The van der Waals surface area contributed by atoms with Crippen molar-refractivity contribution in [3.63, 3.8) is 0 Å². The summed E-state index contributed by atoms with van der Waals surface area (Å²) in [5.74, 6) is 0.0780. The van der Waals surface area contributed by atoms with Crippen molar-refractivity contribution in [3.8, 4) is 0 Å². The van der Waals surface area contributed by atoms with Crippen molar-refractivity contribution in [2.45, 2.75) is 64.3 Å². The summed E-state index contributed by atoms with van der Waals surface area (Å²) < 4.78 is 0. The van der Waals surface area contributed by atoms with E-state index in [1.807, 2.05) is 0 Å². The van der Waals surface area contributed by atoms with Gasteiger partial charge < -0.3 is 5.11 Å². The molecule has 0 spiro atoms. The van der Waals surface area contributed by atoms with E-state index in [2.05, 4.69) is 11.8 Å². The molecule has 1 saturated carbocycles. The van der Waals surface area contributed by atoms with Gasteiger partial charge in [0.25, 0.3) is 0 Å². The minimum Gasteiger partial charge on any atom is -0.481 e. The number of likely N-dealkylation sites (tertiary alicyclic amines) is 1. The van der Waals surface area contributed by atoms with Crippen molar-refractivity contribution in [1.82, 2.24) is 4.90 Å². The monoisotopic (exact) mass is 253 g/mol. The highest BCUT2D eigenvalue weighted by Gasteiger charge is 2.38. The lowest BCUT2D eigenvalue weighted by Gasteiger charge is -2.42. The van der Waals surface area contributed by atoms with Gasteiger partial charge in [-0.1, -0.05) is 26.2 Å². The van der Waals surface area contributed by atoms with Gasteiger partial charge >= 0.3 is 5.97 Å². The Kier molecular flexibility index (Phi) is 5.04. The number of hydrogen-bond donors (Lipinski definition) is 1. The third kappa shape index (κ3) is 3.25. The first kappa shape index (κ1) is 13.9. The van der Waals surface area contributed by atoms with Crippen LogP contribution in [0.15, 0.2) is 0 Å². The number of nitrogens with zero attached hydrogens (tertiary/aromatic N) is 1. The third-order valence-electron chi connectivity index (χ3n) is 4.80. The number of piperidine rings is 1. The zero-order valence-corrected chi connectivity index (χ0v) is 11.6. The molecule has 1 aliphatic carbocycles. The summed E-state index contributed by atoms with van der Waals surface area (Å²) in [6.07, 6.45) is 9.45.